The number of halogens is 3. The van der Waals surface area contributed by atoms with Crippen LogP contribution in [0.25, 0.3) is 0 Å². The molecular formula is C13H9Br3. The van der Waals surface area contributed by atoms with Gasteiger partial charge in [-0.3, -0.25) is 0 Å². The molecule has 0 N–H and O–H groups in total. The van der Waals surface area contributed by atoms with Crippen molar-refractivity contribution >= 4 is 47.8 Å². The third-order valence-corrected chi connectivity index (χ3v) is 4.56. The highest BCUT2D eigenvalue weighted by Gasteiger charge is 2.13. The number of benzene rings is 2. The Morgan fingerprint density at radius 3 is 2.25 bits per heavy atom. The molecule has 0 saturated carbocycles. The first kappa shape index (κ1) is 12.3. The standard InChI is InChI=1S/C13H9Br3/c14-10-6-7-12(15)11(8-10)13(16)9-4-2-1-3-5-9/h1-8,13H. The zero-order valence-electron chi connectivity index (χ0n) is 8.33. The van der Waals surface area contributed by atoms with Gasteiger partial charge in [0.1, 0.15) is 0 Å². The van der Waals surface area contributed by atoms with E-state index in [1.54, 1.807) is 0 Å². The Labute approximate surface area is 120 Å². The molecule has 0 aliphatic rings. The van der Waals surface area contributed by atoms with Gasteiger partial charge in [0, 0.05) is 8.95 Å². The molecular weight excluding hydrogens is 396 g/mol. The average molecular weight is 405 g/mol. The molecule has 2 rings (SSSR count). The van der Waals surface area contributed by atoms with Crippen molar-refractivity contribution in [1.82, 2.24) is 0 Å². The number of alkyl halides is 1. The fraction of sp³-hybridized carbons (Fsp3) is 0.0769. The topological polar surface area (TPSA) is 0 Å². The molecule has 0 bridgehead atoms. The Kier molecular flexibility index (Phi) is 4.22. The molecule has 2 aromatic rings. The number of hydrogen-bond donors (Lipinski definition) is 0. The molecule has 0 aliphatic heterocycles. The lowest BCUT2D eigenvalue weighted by atomic mass is 10.1. The molecule has 1 atom stereocenters. The van der Waals surface area contributed by atoms with E-state index in [4.69, 9.17) is 0 Å². The van der Waals surface area contributed by atoms with Crippen molar-refractivity contribution in [1.29, 1.82) is 0 Å². The molecule has 0 radical (unpaired) electrons. The number of rotatable bonds is 2. The molecule has 1 unspecified atom stereocenters. The summed E-state index contributed by atoms with van der Waals surface area (Å²) in [5, 5.41) is 0. The summed E-state index contributed by atoms with van der Waals surface area (Å²) >= 11 is 10.8. The zero-order valence-corrected chi connectivity index (χ0v) is 13.1. The van der Waals surface area contributed by atoms with Crippen LogP contribution in [-0.2, 0) is 0 Å². The van der Waals surface area contributed by atoms with Gasteiger partial charge in [-0.25, -0.2) is 0 Å². The highest BCUT2D eigenvalue weighted by molar-refractivity contribution is 9.11. The first-order valence-electron chi connectivity index (χ1n) is 4.82. The van der Waals surface area contributed by atoms with Crippen molar-refractivity contribution in [3.8, 4) is 0 Å². The zero-order chi connectivity index (χ0) is 11.5. The smallest absolute Gasteiger partial charge is 0.0656 e. The third-order valence-electron chi connectivity index (χ3n) is 2.32. The van der Waals surface area contributed by atoms with E-state index in [2.05, 4.69) is 84.2 Å². The minimum Gasteiger partial charge on any atom is -0.0786 e. The predicted octanol–water partition coefficient (Wildman–Crippen LogP) is 5.70. The predicted molar refractivity (Wildman–Crippen MR) is 79.1 cm³/mol. The van der Waals surface area contributed by atoms with Gasteiger partial charge < -0.3 is 0 Å². The van der Waals surface area contributed by atoms with Gasteiger partial charge in [0.2, 0.25) is 0 Å². The lowest BCUT2D eigenvalue weighted by Gasteiger charge is -2.13. The molecule has 0 aromatic heterocycles. The van der Waals surface area contributed by atoms with Crippen LogP contribution in [0.15, 0.2) is 57.5 Å². The quantitative estimate of drug-likeness (QED) is 0.563. The van der Waals surface area contributed by atoms with Crippen LogP contribution >= 0.6 is 47.8 Å². The molecule has 2 aromatic carbocycles. The Morgan fingerprint density at radius 1 is 0.875 bits per heavy atom. The second-order valence-corrected chi connectivity index (χ2v) is 6.12. The second kappa shape index (κ2) is 5.48. The monoisotopic (exact) mass is 402 g/mol. The summed E-state index contributed by atoms with van der Waals surface area (Å²) in [5.41, 5.74) is 2.47. The van der Waals surface area contributed by atoms with Crippen LogP contribution in [0, 0.1) is 0 Å². The molecule has 0 fully saturated rings. The average Bonchev–Trinajstić information content (AvgIpc) is 2.32. The van der Waals surface area contributed by atoms with Crippen molar-refractivity contribution in [2.75, 3.05) is 0 Å². The summed E-state index contributed by atoms with van der Waals surface area (Å²) in [6.07, 6.45) is 0. The molecule has 16 heavy (non-hydrogen) atoms. The largest absolute Gasteiger partial charge is 0.0786 e. The van der Waals surface area contributed by atoms with Crippen LogP contribution < -0.4 is 0 Å². The molecule has 3 heteroatoms. The van der Waals surface area contributed by atoms with Crippen LogP contribution in [0.1, 0.15) is 16.0 Å². The second-order valence-electron chi connectivity index (χ2n) is 3.44. The highest BCUT2D eigenvalue weighted by Crippen LogP contribution is 2.36. The van der Waals surface area contributed by atoms with E-state index in [0.717, 1.165) is 8.95 Å². The molecule has 0 saturated heterocycles. The van der Waals surface area contributed by atoms with Gasteiger partial charge in [0.05, 0.1) is 4.83 Å². The summed E-state index contributed by atoms with van der Waals surface area (Å²) in [5.74, 6) is 0. The molecule has 0 amide bonds. The van der Waals surface area contributed by atoms with Gasteiger partial charge in [-0.15, -0.1) is 0 Å². The van der Waals surface area contributed by atoms with Crippen LogP contribution in [-0.4, -0.2) is 0 Å². The van der Waals surface area contributed by atoms with Gasteiger partial charge in [0.25, 0.3) is 0 Å². The third kappa shape index (κ3) is 2.76. The Hall–Kier alpha value is -0.120. The maximum absolute atomic E-state index is 3.73. The van der Waals surface area contributed by atoms with Crippen molar-refractivity contribution in [3.05, 3.63) is 68.6 Å². The maximum Gasteiger partial charge on any atom is 0.0656 e. The summed E-state index contributed by atoms with van der Waals surface area (Å²) in [7, 11) is 0. The summed E-state index contributed by atoms with van der Waals surface area (Å²) in [6, 6.07) is 16.6. The summed E-state index contributed by atoms with van der Waals surface area (Å²) in [6.45, 7) is 0. The van der Waals surface area contributed by atoms with Crippen molar-refractivity contribution < 1.29 is 0 Å². The molecule has 0 nitrogen and oxygen atoms in total. The fourth-order valence-electron chi connectivity index (χ4n) is 1.51. The lowest BCUT2D eigenvalue weighted by Crippen LogP contribution is -1.93. The van der Waals surface area contributed by atoms with Crippen molar-refractivity contribution in [2.24, 2.45) is 0 Å². The number of hydrogen-bond acceptors (Lipinski definition) is 0. The van der Waals surface area contributed by atoms with Gasteiger partial charge >= 0.3 is 0 Å². The Morgan fingerprint density at radius 2 is 1.56 bits per heavy atom. The summed E-state index contributed by atoms with van der Waals surface area (Å²) < 4.78 is 2.20. The van der Waals surface area contributed by atoms with Crippen molar-refractivity contribution in [2.45, 2.75) is 4.83 Å². The van der Waals surface area contributed by atoms with E-state index in [1.807, 2.05) is 12.1 Å². The van der Waals surface area contributed by atoms with Crippen LogP contribution in [0.3, 0.4) is 0 Å². The van der Waals surface area contributed by atoms with E-state index in [1.165, 1.54) is 11.1 Å². The maximum atomic E-state index is 3.73. The summed E-state index contributed by atoms with van der Waals surface area (Å²) in [4.78, 5) is 0.209. The van der Waals surface area contributed by atoms with Crippen LogP contribution in [0.5, 0.6) is 0 Å². The van der Waals surface area contributed by atoms with Crippen LogP contribution in [0.2, 0.25) is 0 Å². The van der Waals surface area contributed by atoms with Gasteiger partial charge in [0.15, 0.2) is 0 Å². The minimum atomic E-state index is 0.209. The Balaban J connectivity index is 2.41. The molecule has 0 aliphatic carbocycles. The SMILES string of the molecule is Brc1ccc(Br)c(C(Br)c2ccccc2)c1. The fourth-order valence-corrected chi connectivity index (χ4v) is 3.36. The minimum absolute atomic E-state index is 0.209. The first-order chi connectivity index (χ1) is 7.68. The van der Waals surface area contributed by atoms with E-state index >= 15 is 0 Å². The van der Waals surface area contributed by atoms with Gasteiger partial charge in [-0.2, -0.15) is 0 Å². The molecule has 82 valence electrons. The van der Waals surface area contributed by atoms with Crippen LogP contribution in [0.4, 0.5) is 0 Å². The van der Waals surface area contributed by atoms with Gasteiger partial charge in [-0.1, -0.05) is 78.1 Å². The normalized spacial score (nSPS) is 12.4. The molecule has 0 heterocycles. The first-order valence-corrected chi connectivity index (χ1v) is 7.32. The lowest BCUT2D eigenvalue weighted by molar-refractivity contribution is 1.16. The van der Waals surface area contributed by atoms with E-state index < -0.39 is 0 Å². The van der Waals surface area contributed by atoms with Crippen molar-refractivity contribution in [3.63, 3.8) is 0 Å². The highest BCUT2D eigenvalue weighted by atomic mass is 79.9. The van der Waals surface area contributed by atoms with E-state index in [9.17, 15) is 0 Å². The van der Waals surface area contributed by atoms with E-state index in [-0.39, 0.29) is 4.83 Å². The van der Waals surface area contributed by atoms with Gasteiger partial charge in [-0.05, 0) is 29.3 Å². The molecule has 0 spiro atoms. The Bertz CT molecular complexity index is 480. The van der Waals surface area contributed by atoms with E-state index in [0.29, 0.717) is 0 Å².